The molecule has 2 saturated heterocycles. The fourth-order valence-electron chi connectivity index (χ4n) is 9.80. The van der Waals surface area contributed by atoms with Crippen LogP contribution in [0.1, 0.15) is 55.8 Å². The average molecular weight is 1000 g/mol. The van der Waals surface area contributed by atoms with Gasteiger partial charge in [-0.15, -0.1) is 0 Å². The summed E-state index contributed by atoms with van der Waals surface area (Å²) in [6.07, 6.45) is 1.43. The number of urea groups is 1. The van der Waals surface area contributed by atoms with Crippen LogP contribution in [0.4, 0.5) is 16.4 Å². The number of nitrogens with zero attached hydrogens (tertiary/aromatic N) is 4. The van der Waals surface area contributed by atoms with E-state index in [4.69, 9.17) is 20.9 Å². The van der Waals surface area contributed by atoms with Gasteiger partial charge in [-0.2, -0.15) is 0 Å². The topological polar surface area (TPSA) is 235 Å². The summed E-state index contributed by atoms with van der Waals surface area (Å²) in [5.74, 6) is -2.36. The van der Waals surface area contributed by atoms with E-state index in [0.29, 0.717) is 17.1 Å². The number of anilines is 2. The van der Waals surface area contributed by atoms with E-state index in [1.807, 2.05) is 127 Å². The Morgan fingerprint density at radius 2 is 1.13 bits per heavy atom. The van der Waals surface area contributed by atoms with Crippen molar-refractivity contribution in [2.75, 3.05) is 18.1 Å². The maximum Gasteiger partial charge on any atom is 0.335 e. The van der Waals surface area contributed by atoms with E-state index in [2.05, 4.69) is 20.6 Å². The van der Waals surface area contributed by atoms with Gasteiger partial charge < -0.3 is 36.6 Å². The van der Waals surface area contributed by atoms with Crippen molar-refractivity contribution < 1.29 is 38.4 Å². The van der Waals surface area contributed by atoms with Crippen molar-refractivity contribution >= 4 is 35.5 Å². The minimum Gasteiger partial charge on any atom is -0.621 e. The number of pyridine rings is 2. The first kappa shape index (κ1) is 49.4. The number of β-lactam (4-membered cyclic amide) rings is 2. The van der Waals surface area contributed by atoms with Crippen molar-refractivity contribution in [1.29, 1.82) is 0 Å². The maximum absolute atomic E-state index is 14.8. The van der Waals surface area contributed by atoms with Gasteiger partial charge in [-0.05, 0) is 124 Å². The predicted octanol–water partition coefficient (Wildman–Crippen LogP) is 8.67. The van der Waals surface area contributed by atoms with E-state index < -0.39 is 64.8 Å². The van der Waals surface area contributed by atoms with Crippen molar-refractivity contribution in [1.82, 2.24) is 25.5 Å². The summed E-state index contributed by atoms with van der Waals surface area (Å²) >= 11 is 0. The SMILES string of the molecule is Nc1cc(C[C@H]2C(=O)N(C(=O)NC(c3ccccc3)c3ccccc3)[C@@H]2Oc2ccc(-c3cccc(C(NC[N+]4([O-])C(=O)[C@H](Cc5ccnc(N)c5)[C@H]4Oc4ccc(C(=O)O)cc4)c4ccccc4)c3)cc2)ccn1. The maximum atomic E-state index is 14.8. The van der Waals surface area contributed by atoms with Crippen molar-refractivity contribution in [2.45, 2.75) is 37.4 Å². The minimum atomic E-state index is -1.35. The molecule has 2 unspecified atom stereocenters. The molecule has 16 nitrogen and oxygen atoms in total. The fourth-order valence-corrected chi connectivity index (χ4v) is 9.80. The van der Waals surface area contributed by atoms with Crippen LogP contribution in [0.3, 0.4) is 0 Å². The molecule has 0 aliphatic carbocycles. The molecule has 0 spiro atoms. The van der Waals surface area contributed by atoms with Crippen molar-refractivity contribution in [3.63, 3.8) is 0 Å². The standard InChI is InChI=1S/C59H52N8O8/c60-50-33-37(27-29-62-50)31-48-54(68)66(59(72)65-53(41-13-6-2-7-14-41)42-15-8-3-9-16-42)55(48)74-46-23-19-39(20-24-46)44-17-10-18-45(35-44)52(40-11-4-1-5-12-40)64-36-67(73)56(69)49(32-38-28-30-63-51(61)34-38)57(67)75-47-25-21-43(22-26-47)58(70)71/h1-30,33-35,48-49,52-53,55,57,64H,31-32,36H2,(H2,60,62)(H2,61,63)(H,65,72)(H,70,71)/t48-,49-,52?,55+,57+,67?/m0/s1. The molecule has 0 saturated carbocycles. The van der Waals surface area contributed by atoms with E-state index in [9.17, 15) is 29.5 Å². The number of benzene rings is 6. The van der Waals surface area contributed by atoms with Gasteiger partial charge in [-0.25, -0.2) is 33.9 Å². The molecular weight excluding hydrogens is 949 g/mol. The molecule has 6 aromatic carbocycles. The number of carboxylic acids is 1. The zero-order valence-electron chi connectivity index (χ0n) is 40.4. The minimum absolute atomic E-state index is 0.0478. The lowest BCUT2D eigenvalue weighted by molar-refractivity contribution is -0.894. The Kier molecular flexibility index (Phi) is 14.1. The fraction of sp³-hybridized carbons (Fsp3) is 0.153. The van der Waals surface area contributed by atoms with Crippen molar-refractivity contribution in [3.05, 3.63) is 245 Å². The van der Waals surface area contributed by atoms with Gasteiger partial charge in [-0.1, -0.05) is 121 Å². The largest absolute Gasteiger partial charge is 0.621 e. The lowest BCUT2D eigenvalue weighted by Gasteiger charge is -2.56. The van der Waals surface area contributed by atoms with Crippen LogP contribution in [0, 0.1) is 17.0 Å². The number of ether oxygens (including phenoxy) is 2. The van der Waals surface area contributed by atoms with Crippen LogP contribution in [-0.4, -0.2) is 67.6 Å². The summed E-state index contributed by atoms with van der Waals surface area (Å²) in [6.45, 7) is -0.352. The summed E-state index contributed by atoms with van der Waals surface area (Å²) in [5.41, 5.74) is 18.5. The summed E-state index contributed by atoms with van der Waals surface area (Å²) < 4.78 is 11.5. The second-order valence-electron chi connectivity index (χ2n) is 18.5. The smallest absolute Gasteiger partial charge is 0.335 e. The number of hydrogen-bond acceptors (Lipinski definition) is 12. The first-order valence-corrected chi connectivity index (χ1v) is 24.3. The zero-order valence-corrected chi connectivity index (χ0v) is 40.4. The molecule has 16 heteroatoms. The number of nitrogens with one attached hydrogen (secondary N) is 2. The Bertz CT molecular complexity index is 3290. The summed E-state index contributed by atoms with van der Waals surface area (Å²) in [6, 6.07) is 54.7. The van der Waals surface area contributed by atoms with E-state index in [1.54, 1.807) is 42.6 Å². The van der Waals surface area contributed by atoms with Crippen LogP contribution in [0.5, 0.6) is 11.5 Å². The third-order valence-corrected chi connectivity index (χ3v) is 13.6. The van der Waals surface area contributed by atoms with E-state index in [-0.39, 0.29) is 36.6 Å². The highest BCUT2D eigenvalue weighted by molar-refractivity contribution is 6.01. The molecule has 8 aromatic rings. The number of carbonyl (C=O) groups is 4. The van der Waals surface area contributed by atoms with Crippen LogP contribution < -0.4 is 31.6 Å². The van der Waals surface area contributed by atoms with Crippen molar-refractivity contribution in [2.24, 2.45) is 11.8 Å². The first-order valence-electron chi connectivity index (χ1n) is 24.3. The highest BCUT2D eigenvalue weighted by Crippen LogP contribution is 2.40. The second kappa shape index (κ2) is 21.5. The van der Waals surface area contributed by atoms with Crippen LogP contribution in [0.2, 0.25) is 0 Å². The molecular formula is C59H52N8O8. The Balaban J connectivity index is 0.888. The second-order valence-corrected chi connectivity index (χ2v) is 18.5. The lowest BCUT2D eigenvalue weighted by atomic mass is 9.88. The average Bonchev–Trinajstić information content (AvgIpc) is 3.43. The lowest BCUT2D eigenvalue weighted by Crippen LogP contribution is -2.76. The van der Waals surface area contributed by atoms with E-state index in [1.165, 1.54) is 30.5 Å². The number of imide groups is 1. The third kappa shape index (κ3) is 10.7. The highest BCUT2D eigenvalue weighted by atomic mass is 16.6. The molecule has 376 valence electrons. The number of aromatic nitrogens is 2. The quantitative estimate of drug-likeness (QED) is 0.0308. The third-order valence-electron chi connectivity index (χ3n) is 13.6. The molecule has 10 rings (SSSR count). The number of nitrogens with two attached hydrogens (primary N) is 2. The van der Waals surface area contributed by atoms with Crippen LogP contribution in [0.15, 0.2) is 200 Å². The molecule has 4 heterocycles. The number of carbonyl (C=O) groups excluding carboxylic acids is 3. The Labute approximate surface area is 432 Å². The van der Waals surface area contributed by atoms with Crippen LogP contribution in [0.25, 0.3) is 11.1 Å². The number of hydrogen-bond donors (Lipinski definition) is 5. The molecule has 7 N–H and O–H groups in total. The van der Waals surface area contributed by atoms with Gasteiger partial charge in [0.25, 0.3) is 6.23 Å². The van der Waals surface area contributed by atoms with Crippen LogP contribution >= 0.6 is 0 Å². The Morgan fingerprint density at radius 1 is 0.613 bits per heavy atom. The first-order chi connectivity index (χ1) is 36.4. The summed E-state index contributed by atoms with van der Waals surface area (Å²) in [4.78, 5) is 63.1. The van der Waals surface area contributed by atoms with Gasteiger partial charge in [-0.3, -0.25) is 10.1 Å². The number of carboxylic acid groups (broad SMARTS) is 1. The van der Waals surface area contributed by atoms with E-state index in [0.717, 1.165) is 43.8 Å². The molecule has 75 heavy (non-hydrogen) atoms. The number of amides is 4. The van der Waals surface area contributed by atoms with E-state index >= 15 is 0 Å². The molecule has 0 bridgehead atoms. The van der Waals surface area contributed by atoms with Gasteiger partial charge >= 0.3 is 17.9 Å². The highest BCUT2D eigenvalue weighted by Gasteiger charge is 2.61. The number of nitrogen functional groups attached to an aromatic ring is 2. The molecule has 2 fully saturated rings. The molecule has 6 atom stereocenters. The molecule has 2 aliphatic heterocycles. The Morgan fingerprint density at radius 3 is 1.69 bits per heavy atom. The van der Waals surface area contributed by atoms with Gasteiger partial charge in [0, 0.05) is 12.4 Å². The van der Waals surface area contributed by atoms with Gasteiger partial charge in [0.05, 0.1) is 23.6 Å². The monoisotopic (exact) mass is 1000 g/mol. The predicted molar refractivity (Wildman–Crippen MR) is 281 cm³/mol. The van der Waals surface area contributed by atoms with Gasteiger partial charge in [0.15, 0.2) is 12.1 Å². The number of aromatic carboxylic acids is 1. The van der Waals surface area contributed by atoms with Crippen LogP contribution in [-0.2, 0) is 22.4 Å². The number of rotatable bonds is 18. The number of hydroxylamine groups is 3. The number of likely N-dealkylation sites (tertiary alicyclic amines) is 2. The zero-order chi connectivity index (χ0) is 52.1. The Hall–Kier alpha value is -9.22. The molecule has 2 aliphatic rings. The number of quaternary nitrogens is 1. The summed E-state index contributed by atoms with van der Waals surface area (Å²) in [5, 5.41) is 30.8. The van der Waals surface area contributed by atoms with Gasteiger partial charge in [0.1, 0.15) is 29.8 Å². The van der Waals surface area contributed by atoms with Crippen molar-refractivity contribution in [3.8, 4) is 22.6 Å². The molecule has 2 aromatic heterocycles. The van der Waals surface area contributed by atoms with Gasteiger partial charge in [0.2, 0.25) is 5.91 Å². The normalized spacial score (nSPS) is 19.4. The molecule has 0 radical (unpaired) electrons. The summed E-state index contributed by atoms with van der Waals surface area (Å²) in [7, 11) is 0. The molecule has 4 amide bonds.